The van der Waals surface area contributed by atoms with Gasteiger partial charge in [-0.2, -0.15) is 0 Å². The van der Waals surface area contributed by atoms with E-state index < -0.39 is 30.3 Å². The molecule has 0 saturated heterocycles. The molecule has 5 N–H and O–H groups in total. The van der Waals surface area contributed by atoms with Crippen LogP contribution in [0.3, 0.4) is 0 Å². The van der Waals surface area contributed by atoms with Crippen molar-refractivity contribution < 1.29 is 33.6 Å². The number of unbranched alkanes of at least 4 members (excludes halogenated alkanes) is 2. The van der Waals surface area contributed by atoms with Gasteiger partial charge in [0.05, 0.1) is 19.6 Å². The smallest absolute Gasteiger partial charge is 0.253 e. The van der Waals surface area contributed by atoms with Gasteiger partial charge in [-0.05, 0) is 24.8 Å². The minimum Gasteiger partial charge on any atom is -0.355 e. The molecular formula is C28H38N6O7. The second kappa shape index (κ2) is 17.9. The standard InChI is InChI=1S/C28H38N6O7/c1-2-14-29-23(36)18-32-28(41)21(16-20-9-5-3-6-10-20)33-25(38)19-31-24(37)17-30-22(35)11-7-4-8-15-34-26(39)12-13-27(34)40/h3,5-6,9-10,12-13,21H,2,4,7-8,11,14-19H2,1H3,(H,29,36)(H,30,35)(H,31,37)(H,32,41)(H,33,38). The highest BCUT2D eigenvalue weighted by Crippen LogP contribution is 2.08. The van der Waals surface area contributed by atoms with Crippen molar-refractivity contribution in [1.82, 2.24) is 31.5 Å². The molecule has 1 heterocycles. The van der Waals surface area contributed by atoms with Gasteiger partial charge in [-0.15, -0.1) is 0 Å². The van der Waals surface area contributed by atoms with Crippen LogP contribution in [0.25, 0.3) is 0 Å². The highest BCUT2D eigenvalue weighted by atomic mass is 16.2. The minimum atomic E-state index is -0.974. The van der Waals surface area contributed by atoms with Gasteiger partial charge >= 0.3 is 0 Å². The zero-order valence-electron chi connectivity index (χ0n) is 23.2. The minimum absolute atomic E-state index is 0.167. The van der Waals surface area contributed by atoms with Crippen LogP contribution in [0.1, 0.15) is 44.6 Å². The van der Waals surface area contributed by atoms with Crippen molar-refractivity contribution in [2.75, 3.05) is 32.7 Å². The molecular weight excluding hydrogens is 532 g/mol. The molecule has 0 bridgehead atoms. The molecule has 1 atom stereocenters. The highest BCUT2D eigenvalue weighted by molar-refractivity contribution is 6.12. The van der Waals surface area contributed by atoms with Crippen molar-refractivity contribution in [3.05, 3.63) is 48.0 Å². The van der Waals surface area contributed by atoms with Crippen molar-refractivity contribution >= 4 is 41.4 Å². The summed E-state index contributed by atoms with van der Waals surface area (Å²) in [6, 6.07) is 8.06. The largest absolute Gasteiger partial charge is 0.355 e. The van der Waals surface area contributed by atoms with Crippen LogP contribution in [-0.2, 0) is 40.0 Å². The number of benzene rings is 1. The summed E-state index contributed by atoms with van der Waals surface area (Å²) in [6.07, 6.45) is 5.26. The van der Waals surface area contributed by atoms with Crippen LogP contribution < -0.4 is 26.6 Å². The Balaban J connectivity index is 1.68. The second-order valence-corrected chi connectivity index (χ2v) is 9.40. The summed E-state index contributed by atoms with van der Waals surface area (Å²) in [5, 5.41) is 12.6. The number of rotatable bonds is 18. The lowest BCUT2D eigenvalue weighted by atomic mass is 10.1. The molecule has 0 aromatic heterocycles. The number of hydrogen-bond acceptors (Lipinski definition) is 7. The molecule has 13 heteroatoms. The lowest BCUT2D eigenvalue weighted by Crippen LogP contribution is -2.52. The Labute approximate surface area is 238 Å². The Kier molecular flexibility index (Phi) is 14.3. The topological polar surface area (TPSA) is 183 Å². The summed E-state index contributed by atoms with van der Waals surface area (Å²) >= 11 is 0. The predicted molar refractivity (Wildman–Crippen MR) is 149 cm³/mol. The van der Waals surface area contributed by atoms with Gasteiger partial charge in [-0.3, -0.25) is 38.5 Å². The molecule has 222 valence electrons. The van der Waals surface area contributed by atoms with Crippen LogP contribution in [0.15, 0.2) is 42.5 Å². The van der Waals surface area contributed by atoms with Gasteiger partial charge in [-0.1, -0.05) is 43.7 Å². The van der Waals surface area contributed by atoms with E-state index in [1.54, 1.807) is 24.3 Å². The molecule has 1 unspecified atom stereocenters. The van der Waals surface area contributed by atoms with Crippen molar-refractivity contribution in [3.8, 4) is 0 Å². The maximum atomic E-state index is 12.7. The Morgan fingerprint density at radius 1 is 0.732 bits per heavy atom. The molecule has 2 rings (SSSR count). The number of amides is 7. The van der Waals surface area contributed by atoms with Gasteiger partial charge < -0.3 is 26.6 Å². The van der Waals surface area contributed by atoms with Crippen LogP contribution in [0.2, 0.25) is 0 Å². The van der Waals surface area contributed by atoms with Crippen molar-refractivity contribution in [2.24, 2.45) is 0 Å². The number of nitrogens with zero attached hydrogens (tertiary/aromatic N) is 1. The predicted octanol–water partition coefficient (Wildman–Crippen LogP) is -0.926. The van der Waals surface area contributed by atoms with Crippen LogP contribution in [0.5, 0.6) is 0 Å². The number of hydrogen-bond donors (Lipinski definition) is 5. The number of nitrogens with one attached hydrogen (secondary N) is 5. The van der Waals surface area contributed by atoms with Gasteiger partial charge in [0, 0.05) is 38.1 Å². The molecule has 0 spiro atoms. The lowest BCUT2D eigenvalue weighted by Gasteiger charge is -2.19. The summed E-state index contributed by atoms with van der Waals surface area (Å²) in [5.41, 5.74) is 0.796. The van der Waals surface area contributed by atoms with E-state index >= 15 is 0 Å². The zero-order chi connectivity index (χ0) is 30.0. The van der Waals surface area contributed by atoms with Crippen LogP contribution in [0.4, 0.5) is 0 Å². The fourth-order valence-electron chi connectivity index (χ4n) is 3.81. The molecule has 1 aliphatic rings. The first-order valence-corrected chi connectivity index (χ1v) is 13.6. The maximum Gasteiger partial charge on any atom is 0.253 e. The Morgan fingerprint density at radius 3 is 2.02 bits per heavy atom. The molecule has 0 fully saturated rings. The van der Waals surface area contributed by atoms with E-state index in [4.69, 9.17) is 0 Å². The summed E-state index contributed by atoms with van der Waals surface area (Å²) in [5.74, 6) is -3.09. The summed E-state index contributed by atoms with van der Waals surface area (Å²) in [7, 11) is 0. The molecule has 41 heavy (non-hydrogen) atoms. The Hall–Kier alpha value is -4.55. The molecule has 1 aliphatic heterocycles. The van der Waals surface area contributed by atoms with E-state index in [0.29, 0.717) is 32.4 Å². The average Bonchev–Trinajstić information content (AvgIpc) is 3.28. The quantitative estimate of drug-likeness (QED) is 0.112. The summed E-state index contributed by atoms with van der Waals surface area (Å²) in [6.45, 7) is 1.72. The Morgan fingerprint density at radius 2 is 1.34 bits per heavy atom. The van der Waals surface area contributed by atoms with E-state index in [0.717, 1.165) is 16.9 Å². The third-order valence-corrected chi connectivity index (χ3v) is 6.01. The molecule has 0 aliphatic carbocycles. The third kappa shape index (κ3) is 12.9. The van der Waals surface area contributed by atoms with E-state index in [1.807, 2.05) is 13.0 Å². The number of carbonyl (C=O) groups excluding carboxylic acids is 7. The number of carbonyl (C=O) groups is 7. The second-order valence-electron chi connectivity index (χ2n) is 9.40. The fourth-order valence-corrected chi connectivity index (χ4v) is 3.81. The Bertz CT molecular complexity index is 1100. The first-order valence-electron chi connectivity index (χ1n) is 13.6. The molecule has 1 aromatic rings. The lowest BCUT2D eigenvalue weighted by molar-refractivity contribution is -0.137. The first-order chi connectivity index (χ1) is 19.7. The van der Waals surface area contributed by atoms with Gasteiger partial charge in [0.1, 0.15) is 6.04 Å². The molecule has 7 amide bonds. The van der Waals surface area contributed by atoms with Crippen molar-refractivity contribution in [1.29, 1.82) is 0 Å². The summed E-state index contributed by atoms with van der Waals surface area (Å²) < 4.78 is 0. The van der Waals surface area contributed by atoms with Crippen LogP contribution >= 0.6 is 0 Å². The SMILES string of the molecule is CCCNC(=O)CNC(=O)C(Cc1ccccc1)NC(=O)CNC(=O)CNC(=O)CCCCCN1C(=O)C=CC1=O. The number of imide groups is 1. The summed E-state index contributed by atoms with van der Waals surface area (Å²) in [4.78, 5) is 85.3. The fraction of sp³-hybridized carbons (Fsp3) is 0.464. The molecule has 0 radical (unpaired) electrons. The first kappa shape index (κ1) is 32.7. The van der Waals surface area contributed by atoms with Gasteiger partial charge in [-0.25, -0.2) is 0 Å². The zero-order valence-corrected chi connectivity index (χ0v) is 23.2. The molecule has 0 saturated carbocycles. The van der Waals surface area contributed by atoms with E-state index in [9.17, 15) is 33.6 Å². The van der Waals surface area contributed by atoms with Crippen LogP contribution in [0, 0.1) is 0 Å². The van der Waals surface area contributed by atoms with Crippen molar-refractivity contribution in [2.45, 2.75) is 51.5 Å². The van der Waals surface area contributed by atoms with Crippen LogP contribution in [-0.4, -0.2) is 85.0 Å². The van der Waals surface area contributed by atoms with Gasteiger partial charge in [0.15, 0.2) is 0 Å². The molecule has 13 nitrogen and oxygen atoms in total. The normalized spacial score (nSPS) is 13.0. The van der Waals surface area contributed by atoms with E-state index in [1.165, 1.54) is 12.2 Å². The maximum absolute atomic E-state index is 12.7. The monoisotopic (exact) mass is 570 g/mol. The highest BCUT2D eigenvalue weighted by Gasteiger charge is 2.23. The van der Waals surface area contributed by atoms with E-state index in [-0.39, 0.29) is 49.6 Å². The third-order valence-electron chi connectivity index (χ3n) is 6.01. The van der Waals surface area contributed by atoms with Gasteiger partial charge in [0.2, 0.25) is 29.5 Å². The average molecular weight is 571 g/mol. The molecule has 1 aromatic carbocycles. The van der Waals surface area contributed by atoms with Crippen molar-refractivity contribution in [3.63, 3.8) is 0 Å². The van der Waals surface area contributed by atoms with Gasteiger partial charge in [0.25, 0.3) is 11.8 Å². The van der Waals surface area contributed by atoms with E-state index in [2.05, 4.69) is 26.6 Å².